The smallest absolute Gasteiger partial charge is 0.332 e. The fourth-order valence-electron chi connectivity index (χ4n) is 2.37. The summed E-state index contributed by atoms with van der Waals surface area (Å²) < 4.78 is 2.18. The molecule has 8 nitrogen and oxygen atoms in total. The van der Waals surface area contributed by atoms with Crippen molar-refractivity contribution in [1.29, 1.82) is 0 Å². The quantitative estimate of drug-likeness (QED) is 0.697. The molecule has 0 saturated heterocycles. The molecule has 0 aromatic carbocycles. The molecule has 0 radical (unpaired) electrons. The van der Waals surface area contributed by atoms with Crippen molar-refractivity contribution < 1.29 is 4.79 Å². The van der Waals surface area contributed by atoms with Crippen LogP contribution in [0.1, 0.15) is 5.56 Å². The molecule has 0 aliphatic carbocycles. The monoisotopic (exact) mass is 311 g/mol. The van der Waals surface area contributed by atoms with E-state index in [0.29, 0.717) is 5.56 Å². The van der Waals surface area contributed by atoms with E-state index in [1.807, 2.05) is 0 Å². The summed E-state index contributed by atoms with van der Waals surface area (Å²) >= 11 is 0. The van der Waals surface area contributed by atoms with E-state index >= 15 is 0 Å². The van der Waals surface area contributed by atoms with E-state index in [-0.39, 0.29) is 24.1 Å². The maximum absolute atomic E-state index is 12.6. The zero-order chi connectivity index (χ0) is 16.4. The van der Waals surface area contributed by atoms with Crippen LogP contribution in [-0.4, -0.2) is 25.0 Å². The van der Waals surface area contributed by atoms with Crippen LogP contribution in [0.2, 0.25) is 0 Å². The minimum atomic E-state index is -0.677. The standard InChI is InChI=1S/C15H13N5O3/c16-12(21)9-19-11-4-2-6-18-13(11)14(22)20(15(19)23)8-10-3-1-5-17-7-10/h1-7H,8-9H2,(H2,16,21). The van der Waals surface area contributed by atoms with Gasteiger partial charge in [0.1, 0.15) is 6.54 Å². The number of fused-ring (bicyclic) bond motifs is 1. The van der Waals surface area contributed by atoms with Crippen LogP contribution < -0.4 is 17.0 Å². The fraction of sp³-hybridized carbons (Fsp3) is 0.133. The van der Waals surface area contributed by atoms with E-state index in [1.165, 1.54) is 6.20 Å². The molecule has 3 heterocycles. The van der Waals surface area contributed by atoms with Crippen molar-refractivity contribution in [2.75, 3.05) is 0 Å². The van der Waals surface area contributed by atoms with Gasteiger partial charge in [-0.25, -0.2) is 9.78 Å². The Labute approximate surface area is 129 Å². The fourth-order valence-corrected chi connectivity index (χ4v) is 2.37. The molecule has 23 heavy (non-hydrogen) atoms. The summed E-state index contributed by atoms with van der Waals surface area (Å²) in [5.74, 6) is -0.677. The van der Waals surface area contributed by atoms with Crippen molar-refractivity contribution in [3.63, 3.8) is 0 Å². The molecule has 3 aromatic rings. The molecule has 0 unspecified atom stereocenters. The Morgan fingerprint density at radius 3 is 2.61 bits per heavy atom. The second kappa shape index (κ2) is 5.84. The summed E-state index contributed by atoms with van der Waals surface area (Å²) in [4.78, 5) is 44.4. The number of nitrogens with two attached hydrogens (primary N) is 1. The molecule has 0 atom stereocenters. The van der Waals surface area contributed by atoms with Crippen molar-refractivity contribution in [2.24, 2.45) is 5.73 Å². The largest absolute Gasteiger partial charge is 0.368 e. The van der Waals surface area contributed by atoms with E-state index in [0.717, 1.165) is 9.13 Å². The third kappa shape index (κ3) is 2.73. The van der Waals surface area contributed by atoms with Gasteiger partial charge in [-0.1, -0.05) is 6.07 Å². The minimum absolute atomic E-state index is 0.0385. The zero-order valence-electron chi connectivity index (χ0n) is 12.0. The first-order valence-electron chi connectivity index (χ1n) is 6.83. The van der Waals surface area contributed by atoms with Crippen LogP contribution in [0.4, 0.5) is 0 Å². The Morgan fingerprint density at radius 2 is 1.91 bits per heavy atom. The summed E-state index contributed by atoms with van der Waals surface area (Å²) in [5.41, 5.74) is 5.15. The molecule has 116 valence electrons. The number of aromatic nitrogens is 4. The molecule has 0 fully saturated rings. The zero-order valence-corrected chi connectivity index (χ0v) is 12.0. The first kappa shape index (κ1) is 14.6. The van der Waals surface area contributed by atoms with Crippen molar-refractivity contribution in [3.05, 3.63) is 69.3 Å². The Morgan fingerprint density at radius 1 is 1.13 bits per heavy atom. The number of pyridine rings is 2. The van der Waals surface area contributed by atoms with Gasteiger partial charge in [-0.15, -0.1) is 0 Å². The van der Waals surface area contributed by atoms with Gasteiger partial charge < -0.3 is 5.73 Å². The van der Waals surface area contributed by atoms with Gasteiger partial charge in [0.05, 0.1) is 12.1 Å². The van der Waals surface area contributed by atoms with Gasteiger partial charge >= 0.3 is 5.69 Å². The molecule has 1 amide bonds. The van der Waals surface area contributed by atoms with E-state index in [1.54, 1.807) is 36.7 Å². The Bertz CT molecular complexity index is 991. The molecular formula is C15H13N5O3. The summed E-state index contributed by atoms with van der Waals surface area (Å²) in [5, 5.41) is 0. The first-order chi connectivity index (χ1) is 11.1. The van der Waals surface area contributed by atoms with Gasteiger partial charge in [-0.2, -0.15) is 0 Å². The molecule has 3 aromatic heterocycles. The van der Waals surface area contributed by atoms with Crippen LogP contribution in [-0.2, 0) is 17.9 Å². The van der Waals surface area contributed by atoms with E-state index in [2.05, 4.69) is 9.97 Å². The average Bonchev–Trinajstić information content (AvgIpc) is 2.56. The van der Waals surface area contributed by atoms with E-state index in [9.17, 15) is 14.4 Å². The highest BCUT2D eigenvalue weighted by molar-refractivity contribution is 5.78. The molecule has 2 N–H and O–H groups in total. The van der Waals surface area contributed by atoms with Crippen LogP contribution >= 0.6 is 0 Å². The lowest BCUT2D eigenvalue weighted by Gasteiger charge is -2.12. The predicted molar refractivity (Wildman–Crippen MR) is 82.8 cm³/mol. The van der Waals surface area contributed by atoms with Gasteiger partial charge in [0, 0.05) is 18.6 Å². The highest BCUT2D eigenvalue weighted by Crippen LogP contribution is 2.05. The number of rotatable bonds is 4. The predicted octanol–water partition coefficient (Wildman–Crippen LogP) is -0.513. The Balaban J connectivity index is 2.27. The molecular weight excluding hydrogens is 298 g/mol. The SMILES string of the molecule is NC(=O)Cn1c(=O)n(Cc2cccnc2)c(=O)c2ncccc21. The molecule has 0 spiro atoms. The van der Waals surface area contributed by atoms with Crippen molar-refractivity contribution in [1.82, 2.24) is 19.1 Å². The second-order valence-corrected chi connectivity index (χ2v) is 4.96. The average molecular weight is 311 g/mol. The van der Waals surface area contributed by atoms with Gasteiger partial charge in [0.2, 0.25) is 5.91 Å². The lowest BCUT2D eigenvalue weighted by molar-refractivity contribution is -0.118. The van der Waals surface area contributed by atoms with Gasteiger partial charge in [0.25, 0.3) is 5.56 Å². The number of hydrogen-bond donors (Lipinski definition) is 1. The van der Waals surface area contributed by atoms with Gasteiger partial charge in [-0.3, -0.25) is 23.7 Å². The van der Waals surface area contributed by atoms with Gasteiger partial charge in [-0.05, 0) is 23.8 Å². The Hall–Kier alpha value is -3.29. The molecule has 0 aliphatic rings. The van der Waals surface area contributed by atoms with Crippen molar-refractivity contribution >= 4 is 16.9 Å². The van der Waals surface area contributed by atoms with Gasteiger partial charge in [0.15, 0.2) is 5.52 Å². The highest BCUT2D eigenvalue weighted by Gasteiger charge is 2.15. The number of hydrogen-bond acceptors (Lipinski definition) is 5. The Kier molecular flexibility index (Phi) is 3.71. The minimum Gasteiger partial charge on any atom is -0.368 e. The number of nitrogens with zero attached hydrogens (tertiary/aromatic N) is 4. The number of primary amides is 1. The molecule has 8 heteroatoms. The number of carbonyl (C=O) groups is 1. The van der Waals surface area contributed by atoms with Crippen LogP contribution in [0.25, 0.3) is 11.0 Å². The van der Waals surface area contributed by atoms with Crippen LogP contribution in [0.3, 0.4) is 0 Å². The van der Waals surface area contributed by atoms with Crippen LogP contribution in [0.5, 0.6) is 0 Å². The first-order valence-corrected chi connectivity index (χ1v) is 6.83. The van der Waals surface area contributed by atoms with Crippen LogP contribution in [0, 0.1) is 0 Å². The third-order valence-electron chi connectivity index (χ3n) is 3.36. The number of carbonyl (C=O) groups excluding carboxylic acids is 1. The summed E-state index contributed by atoms with van der Waals surface area (Å²) in [6, 6.07) is 6.61. The van der Waals surface area contributed by atoms with Crippen molar-refractivity contribution in [2.45, 2.75) is 13.1 Å². The molecule has 0 saturated carbocycles. The number of amides is 1. The van der Waals surface area contributed by atoms with E-state index < -0.39 is 17.2 Å². The lowest BCUT2D eigenvalue weighted by atomic mass is 10.3. The maximum atomic E-state index is 12.6. The molecule has 0 bridgehead atoms. The molecule has 0 aliphatic heterocycles. The summed E-state index contributed by atoms with van der Waals surface area (Å²) in [6.07, 6.45) is 4.61. The van der Waals surface area contributed by atoms with Crippen LogP contribution in [0.15, 0.2) is 52.4 Å². The third-order valence-corrected chi connectivity index (χ3v) is 3.36. The summed E-state index contributed by atoms with van der Waals surface area (Å²) in [6.45, 7) is -0.287. The summed E-state index contributed by atoms with van der Waals surface area (Å²) in [7, 11) is 0. The van der Waals surface area contributed by atoms with E-state index in [4.69, 9.17) is 5.73 Å². The normalized spacial score (nSPS) is 10.8. The molecule has 3 rings (SSSR count). The second-order valence-electron chi connectivity index (χ2n) is 4.96. The lowest BCUT2D eigenvalue weighted by Crippen LogP contribution is -2.42. The maximum Gasteiger partial charge on any atom is 0.332 e. The highest BCUT2D eigenvalue weighted by atomic mass is 16.2. The van der Waals surface area contributed by atoms with Crippen molar-refractivity contribution in [3.8, 4) is 0 Å². The topological polar surface area (TPSA) is 113 Å².